The molecular weight excluding hydrogens is 1910 g/mol. The molecule has 11 aromatic rings. The molecule has 34 heteroatoms. The second-order valence-electron chi connectivity index (χ2n) is 41.5. The first-order valence-corrected chi connectivity index (χ1v) is 51.0. The second-order valence-corrected chi connectivity index (χ2v) is 41.5. The highest BCUT2D eigenvalue weighted by Crippen LogP contribution is 2.66. The molecule has 2 fully saturated rings. The maximum atomic E-state index is 17.3. The summed E-state index contributed by atoms with van der Waals surface area (Å²) in [4.78, 5) is 115. The molecule has 0 saturated carbocycles. The lowest BCUT2D eigenvalue weighted by Gasteiger charge is -2.49. The van der Waals surface area contributed by atoms with Crippen molar-refractivity contribution >= 4 is 82.8 Å². The molecule has 6 N–H and O–H groups in total. The molecule has 8 aromatic carbocycles. The largest absolute Gasteiger partial charge is 0.493 e. The molecule has 8 aliphatic heterocycles. The first-order valence-electron chi connectivity index (χ1n) is 51.0. The Morgan fingerprint density at radius 1 is 0.300 bits per heavy atom. The molecule has 780 valence electrons. The van der Waals surface area contributed by atoms with Crippen LogP contribution >= 0.6 is 0 Å². The standard InChI is InChI=1S/C116H124N12O22/c1-111(2,3)147-105(129)117-47-23-51-135-85-31-19-35-89-101(85)97-77-39-40-78(121-77)98-83-45-46-84(124-83)100-80-42-41-79(122-80)99(82-44-43-81(97)123-82)103-87(137-53-25-49-119-107(131)149-113(7,8)9)33-21-37-91(103)141-57-61-145-95-65-73-69-127-109(133)125-67-71-63-93(143-59-55-139-89)94(144-60-56-140-90-36-20-32-86(102(90)98)136-52-24-48-118-106(130)148-112(4,5)6)64-72(71)68-126-110(134)128(116(127,76-29-17-14-18-30-76)115(125,126)75-27-15-13-16-28-75)70-74(73)66-96(95)146-62-58-142-92-38-22-34-88(104(92)100)138-54-26-50-120-108(132)150-114(10,11)12/h13-22,27-46,63-66,123-124H,23-26,47-62,67-70H2,1-12H3,(H,117,129)(H,118,130)(H,119,131)(H,120,132). The Balaban J connectivity index is 0.884. The first kappa shape index (κ1) is 101. The van der Waals surface area contributed by atoms with E-state index in [1.807, 2.05) is 226 Å². The molecule has 19 rings (SSSR count). The second kappa shape index (κ2) is 42.1. The minimum absolute atomic E-state index is 0.0366. The highest BCUT2D eigenvalue weighted by molar-refractivity contribution is 6.04. The molecule has 0 aliphatic carbocycles. The predicted molar refractivity (Wildman–Crippen MR) is 564 cm³/mol. The third-order valence-corrected chi connectivity index (χ3v) is 26.3. The third kappa shape index (κ3) is 20.8. The van der Waals surface area contributed by atoms with Gasteiger partial charge in [0.25, 0.3) is 0 Å². The van der Waals surface area contributed by atoms with E-state index in [0.717, 1.165) is 0 Å². The minimum Gasteiger partial charge on any atom is -0.493 e. The Morgan fingerprint density at radius 2 is 0.527 bits per heavy atom. The van der Waals surface area contributed by atoms with Crippen LogP contribution < -0.4 is 78.1 Å². The predicted octanol–water partition coefficient (Wildman–Crippen LogP) is 21.2. The van der Waals surface area contributed by atoms with E-state index in [1.165, 1.54) is 0 Å². The van der Waals surface area contributed by atoms with Crippen LogP contribution in [0.4, 0.5) is 28.8 Å². The summed E-state index contributed by atoms with van der Waals surface area (Å²) < 4.78 is 109. The van der Waals surface area contributed by atoms with Crippen molar-refractivity contribution in [1.82, 2.24) is 60.8 Å². The van der Waals surface area contributed by atoms with Crippen molar-refractivity contribution in [3.8, 4) is 114 Å². The smallest absolute Gasteiger partial charge is 0.407 e. The van der Waals surface area contributed by atoms with Crippen LogP contribution in [0.15, 0.2) is 182 Å². The third-order valence-electron chi connectivity index (χ3n) is 26.3. The molecule has 2 saturated heterocycles. The van der Waals surface area contributed by atoms with Gasteiger partial charge in [0.2, 0.25) is 0 Å². The summed E-state index contributed by atoms with van der Waals surface area (Å²) in [5, 5.41) is 11.6. The minimum atomic E-state index is -1.63. The number of benzene rings is 8. The van der Waals surface area contributed by atoms with Gasteiger partial charge in [-0.3, -0.25) is 19.6 Å². The molecule has 8 amide bonds. The number of carbonyl (C=O) groups is 6. The van der Waals surface area contributed by atoms with Gasteiger partial charge < -0.3 is 107 Å². The summed E-state index contributed by atoms with van der Waals surface area (Å²) in [6, 6.07) is 56.5. The highest BCUT2D eigenvalue weighted by Gasteiger charge is 2.81. The number of fused-ring (bicyclic) bond motifs is 20. The monoisotopic (exact) mass is 2040 g/mol. The van der Waals surface area contributed by atoms with Gasteiger partial charge in [0, 0.05) is 81.6 Å². The Bertz CT molecular complexity index is 6470. The number of aromatic amines is 2. The number of alkyl carbamates (subject to hydrolysis) is 4. The van der Waals surface area contributed by atoms with Crippen LogP contribution in [0.25, 0.3) is 90.9 Å². The zero-order chi connectivity index (χ0) is 104. The Labute approximate surface area is 869 Å². The summed E-state index contributed by atoms with van der Waals surface area (Å²) in [7, 11) is 0. The zero-order valence-corrected chi connectivity index (χ0v) is 86.3. The van der Waals surface area contributed by atoms with Gasteiger partial charge in [-0.25, -0.2) is 38.7 Å². The van der Waals surface area contributed by atoms with E-state index in [0.29, 0.717) is 217 Å². The maximum Gasteiger partial charge on any atom is 0.407 e. The Kier molecular flexibility index (Phi) is 28.3. The molecule has 0 unspecified atom stereocenters. The van der Waals surface area contributed by atoms with Crippen molar-refractivity contribution in [1.29, 1.82) is 0 Å². The Morgan fingerprint density at radius 3 is 0.753 bits per heavy atom. The van der Waals surface area contributed by atoms with Crippen molar-refractivity contribution in [2.75, 3.05) is 105 Å². The highest BCUT2D eigenvalue weighted by atomic mass is 16.6. The molecule has 8 aliphatic rings. The number of rotatable bonds is 22. The molecule has 0 spiro atoms. The van der Waals surface area contributed by atoms with Crippen LogP contribution in [0.2, 0.25) is 0 Å². The van der Waals surface area contributed by atoms with Gasteiger partial charge in [0.15, 0.2) is 34.3 Å². The van der Waals surface area contributed by atoms with Crippen LogP contribution in [0, 0.1) is 0 Å². The van der Waals surface area contributed by atoms with E-state index in [1.54, 1.807) is 83.1 Å². The number of aromatic nitrogens is 4. The number of nitrogens with zero attached hydrogens (tertiary/aromatic N) is 6. The summed E-state index contributed by atoms with van der Waals surface area (Å²) in [6.07, 6.45) is 6.65. The lowest BCUT2D eigenvalue weighted by Crippen LogP contribution is -2.62. The molecule has 0 atom stereocenters. The number of nitrogens with one attached hydrogen (secondary N) is 6. The quantitative estimate of drug-likeness (QED) is 0.0271. The first-order chi connectivity index (χ1) is 72.3. The number of hydrogen-bond donors (Lipinski definition) is 6. The molecule has 0 radical (unpaired) electrons. The summed E-state index contributed by atoms with van der Waals surface area (Å²) in [5.41, 5.74) is 4.89. The van der Waals surface area contributed by atoms with E-state index in [9.17, 15) is 19.2 Å². The molecular formula is C116H124N12O22. The van der Waals surface area contributed by atoms with Gasteiger partial charge in [0.05, 0.1) is 97.6 Å². The zero-order valence-electron chi connectivity index (χ0n) is 86.3. The number of urea groups is 2. The van der Waals surface area contributed by atoms with Crippen molar-refractivity contribution in [2.24, 2.45) is 0 Å². The molecule has 3 aromatic heterocycles. The summed E-state index contributed by atoms with van der Waals surface area (Å²) in [5.74, 6) is 3.88. The van der Waals surface area contributed by atoms with Crippen molar-refractivity contribution < 1.29 is 105 Å². The van der Waals surface area contributed by atoms with Gasteiger partial charge in [-0.1, -0.05) is 84.9 Å². The number of H-pyrrole nitrogens is 2. The van der Waals surface area contributed by atoms with E-state index in [2.05, 4.69) is 31.2 Å². The van der Waals surface area contributed by atoms with Crippen molar-refractivity contribution in [3.05, 3.63) is 238 Å². The molecule has 150 heavy (non-hydrogen) atoms. The van der Waals surface area contributed by atoms with E-state index >= 15 is 9.59 Å². The van der Waals surface area contributed by atoms with Crippen LogP contribution in [0.3, 0.4) is 0 Å². The van der Waals surface area contributed by atoms with Gasteiger partial charge >= 0.3 is 36.4 Å². The van der Waals surface area contributed by atoms with Gasteiger partial charge in [-0.2, -0.15) is 0 Å². The number of hydrogen-bond acceptors (Lipinski definition) is 24. The number of ether oxygens (including phenoxy) is 16. The van der Waals surface area contributed by atoms with Gasteiger partial charge in [0.1, 0.15) is 121 Å². The maximum absolute atomic E-state index is 17.3. The number of carbonyl (C=O) groups excluding carboxylic acids is 6. The lowest BCUT2D eigenvalue weighted by atomic mass is 9.79. The topological polar surface area (TPSA) is 369 Å². The fourth-order valence-electron chi connectivity index (χ4n) is 20.5. The van der Waals surface area contributed by atoms with Crippen LogP contribution in [-0.2, 0) is 56.5 Å². The van der Waals surface area contributed by atoms with Crippen molar-refractivity contribution in [2.45, 2.75) is 169 Å². The van der Waals surface area contributed by atoms with E-state index in [4.69, 9.17) is 85.8 Å². The Hall–Kier alpha value is -16.4. The van der Waals surface area contributed by atoms with Crippen LogP contribution in [-0.4, -0.2) is 204 Å². The van der Waals surface area contributed by atoms with Gasteiger partial charge in [-0.05, 0) is 252 Å². The van der Waals surface area contributed by atoms with Crippen LogP contribution in [0.1, 0.15) is 165 Å². The van der Waals surface area contributed by atoms with Crippen molar-refractivity contribution in [3.63, 3.8) is 0 Å². The lowest BCUT2D eigenvalue weighted by molar-refractivity contribution is -0.0793. The normalized spacial score (nSPS) is 16.8. The number of amides is 8. The molecule has 12 bridgehead atoms. The SMILES string of the molecule is CC(C)(C)OC(=O)NCCCOc1cccc2c1-c1c3nc(c4c5ccc([nH]5)c5c6nc(c(c7ccc1[nH]7)-c1c(OCCCNC(=O)OC(C)(C)C)cccc1OCCOc1cc7c(cc1OCCOc1cccc(OCCCNC(=O)OC(C)(C)C)c1-5)CN1C(=O)N5Cc8cc(c(cc8CN8C(=O)N(C7)C1(c1ccccc1)C85c1ccccc1)OCCO2)OCCOc1cccc(OCCCNC(=O)OC(C)(C)C)c1-4)C=C6)C=C3. The molecule has 11 heterocycles. The van der Waals surface area contributed by atoms with E-state index in [-0.39, 0.29) is 144 Å². The molecule has 34 nitrogen and oxygen atoms in total. The fraction of sp³-hybridized carbons (Fsp3) is 0.362. The van der Waals surface area contributed by atoms with E-state index < -0.39 is 58.1 Å². The average Bonchev–Trinajstić information content (AvgIpc) is 1.46. The fourth-order valence-corrected chi connectivity index (χ4v) is 20.5. The van der Waals surface area contributed by atoms with Gasteiger partial charge in [-0.15, -0.1) is 0 Å². The average molecular weight is 2040 g/mol. The summed E-state index contributed by atoms with van der Waals surface area (Å²) >= 11 is 0. The van der Waals surface area contributed by atoms with Crippen LogP contribution in [0.5, 0.6) is 69.0 Å². The summed E-state index contributed by atoms with van der Waals surface area (Å²) in [6.45, 7) is 21.6.